The highest BCUT2D eigenvalue weighted by molar-refractivity contribution is 5.96. The number of nitro groups is 1. The van der Waals surface area contributed by atoms with Gasteiger partial charge in [-0.05, 0) is 25.1 Å². The van der Waals surface area contributed by atoms with Crippen LogP contribution in [-0.2, 0) is 20.9 Å². The summed E-state index contributed by atoms with van der Waals surface area (Å²) in [5.74, 6) is -1.48. The molecule has 1 aromatic heterocycles. The molecule has 0 aliphatic rings. The average Bonchev–Trinajstić information content (AvgIpc) is 3.17. The maximum absolute atomic E-state index is 11.9. The molecule has 2 aromatic rings. The number of ether oxygens (including phenoxy) is 1. The molecule has 0 radical (unpaired) electrons. The van der Waals surface area contributed by atoms with Crippen molar-refractivity contribution in [2.75, 3.05) is 6.54 Å². The van der Waals surface area contributed by atoms with E-state index in [1.54, 1.807) is 12.1 Å². The monoisotopic (exact) mass is 375 g/mol. The lowest BCUT2D eigenvalue weighted by atomic mass is 10.2. The number of amides is 2. The second-order valence-corrected chi connectivity index (χ2v) is 5.42. The lowest BCUT2D eigenvalue weighted by Gasteiger charge is -2.13. The summed E-state index contributed by atoms with van der Waals surface area (Å²) < 4.78 is 9.99. The number of hydrogen-bond acceptors (Lipinski definition) is 7. The van der Waals surface area contributed by atoms with Crippen molar-refractivity contribution < 1.29 is 28.5 Å². The van der Waals surface area contributed by atoms with E-state index in [1.165, 1.54) is 31.4 Å². The van der Waals surface area contributed by atoms with Gasteiger partial charge >= 0.3 is 5.97 Å². The van der Waals surface area contributed by atoms with Gasteiger partial charge in [0.05, 0.1) is 17.7 Å². The number of nitrogens with one attached hydrogen (secondary N) is 2. The van der Waals surface area contributed by atoms with Gasteiger partial charge in [0.25, 0.3) is 17.5 Å². The zero-order chi connectivity index (χ0) is 19.8. The van der Waals surface area contributed by atoms with E-state index in [-0.39, 0.29) is 17.8 Å². The summed E-state index contributed by atoms with van der Waals surface area (Å²) in [4.78, 5) is 45.6. The normalized spacial score (nSPS) is 11.3. The highest BCUT2D eigenvalue weighted by atomic mass is 16.6. The largest absolute Gasteiger partial charge is 0.467 e. The van der Waals surface area contributed by atoms with Crippen LogP contribution in [0.1, 0.15) is 23.0 Å². The number of hydrogen-bond donors (Lipinski definition) is 2. The van der Waals surface area contributed by atoms with Gasteiger partial charge in [0.1, 0.15) is 12.3 Å². The molecule has 2 amide bonds. The highest BCUT2D eigenvalue weighted by Crippen LogP contribution is 2.12. The van der Waals surface area contributed by atoms with Crippen molar-refractivity contribution in [3.8, 4) is 0 Å². The summed E-state index contributed by atoms with van der Waals surface area (Å²) in [6, 6.07) is 8.42. The molecule has 0 fully saturated rings. The Hall–Kier alpha value is -3.69. The Morgan fingerprint density at radius 3 is 2.67 bits per heavy atom. The van der Waals surface area contributed by atoms with Crippen LogP contribution in [0.3, 0.4) is 0 Å². The van der Waals surface area contributed by atoms with Crippen molar-refractivity contribution in [1.29, 1.82) is 0 Å². The van der Waals surface area contributed by atoms with Gasteiger partial charge in [-0.25, -0.2) is 0 Å². The van der Waals surface area contributed by atoms with Crippen LogP contribution in [0.2, 0.25) is 0 Å². The Kier molecular flexibility index (Phi) is 6.64. The average molecular weight is 375 g/mol. The van der Waals surface area contributed by atoms with Crippen LogP contribution in [-0.4, -0.2) is 35.4 Å². The van der Waals surface area contributed by atoms with E-state index in [2.05, 4.69) is 10.6 Å². The van der Waals surface area contributed by atoms with Gasteiger partial charge < -0.3 is 19.8 Å². The van der Waals surface area contributed by atoms with Crippen LogP contribution in [0.5, 0.6) is 0 Å². The Balaban J connectivity index is 1.77. The molecular weight excluding hydrogens is 358 g/mol. The third-order valence-electron chi connectivity index (χ3n) is 3.41. The summed E-state index contributed by atoms with van der Waals surface area (Å²) in [6.07, 6.45) is 0.400. The van der Waals surface area contributed by atoms with Gasteiger partial charge in [0.2, 0.25) is 0 Å². The fourth-order valence-electron chi connectivity index (χ4n) is 2.04. The first-order valence-corrected chi connectivity index (χ1v) is 7.89. The van der Waals surface area contributed by atoms with Crippen LogP contribution in [0.15, 0.2) is 47.1 Å². The summed E-state index contributed by atoms with van der Waals surface area (Å²) >= 11 is 0. The van der Waals surface area contributed by atoms with Crippen molar-refractivity contribution >= 4 is 23.5 Å². The lowest BCUT2D eigenvalue weighted by molar-refractivity contribution is -0.384. The Bertz CT molecular complexity index is 833. The van der Waals surface area contributed by atoms with Crippen molar-refractivity contribution in [1.82, 2.24) is 10.6 Å². The van der Waals surface area contributed by atoms with Crippen molar-refractivity contribution in [3.05, 3.63) is 64.1 Å². The molecule has 27 heavy (non-hydrogen) atoms. The fourth-order valence-corrected chi connectivity index (χ4v) is 2.04. The molecule has 0 aliphatic heterocycles. The number of esters is 1. The number of carbonyl (C=O) groups excluding carboxylic acids is 3. The van der Waals surface area contributed by atoms with Gasteiger partial charge in [-0.2, -0.15) is 0 Å². The summed E-state index contributed by atoms with van der Waals surface area (Å²) in [5, 5.41) is 15.5. The Morgan fingerprint density at radius 1 is 1.22 bits per heavy atom. The van der Waals surface area contributed by atoms with E-state index in [1.807, 2.05) is 0 Å². The molecule has 0 unspecified atom stereocenters. The third-order valence-corrected chi connectivity index (χ3v) is 3.41. The zero-order valence-corrected chi connectivity index (χ0v) is 14.3. The summed E-state index contributed by atoms with van der Waals surface area (Å²) in [7, 11) is 0. The molecule has 10 nitrogen and oxygen atoms in total. The molecule has 2 rings (SSSR count). The number of benzene rings is 1. The van der Waals surface area contributed by atoms with Gasteiger partial charge in [0, 0.05) is 17.7 Å². The molecule has 2 N–H and O–H groups in total. The number of furan rings is 1. The molecule has 1 aromatic carbocycles. The van der Waals surface area contributed by atoms with Gasteiger partial charge in [-0.15, -0.1) is 0 Å². The molecule has 0 aliphatic carbocycles. The minimum Gasteiger partial charge on any atom is -0.467 e. The lowest BCUT2D eigenvalue weighted by Crippen LogP contribution is -2.38. The summed E-state index contributed by atoms with van der Waals surface area (Å²) in [5.41, 5.74) is -0.215. The first kappa shape index (κ1) is 19.6. The molecule has 0 spiro atoms. The van der Waals surface area contributed by atoms with Crippen molar-refractivity contribution in [2.24, 2.45) is 0 Å². The molecule has 1 atom stereocenters. The molecule has 0 bridgehead atoms. The first-order chi connectivity index (χ1) is 12.9. The van der Waals surface area contributed by atoms with E-state index in [9.17, 15) is 24.5 Å². The van der Waals surface area contributed by atoms with E-state index in [4.69, 9.17) is 9.15 Å². The number of nitro benzene ring substituents is 1. The Labute approximate surface area is 153 Å². The van der Waals surface area contributed by atoms with E-state index in [0.29, 0.717) is 5.76 Å². The molecule has 0 saturated carbocycles. The fraction of sp³-hybridized carbons (Fsp3) is 0.235. The van der Waals surface area contributed by atoms with Crippen molar-refractivity contribution in [2.45, 2.75) is 19.6 Å². The van der Waals surface area contributed by atoms with E-state index in [0.717, 1.165) is 6.07 Å². The predicted molar refractivity (Wildman–Crippen MR) is 91.5 cm³/mol. The maximum Gasteiger partial charge on any atom is 0.326 e. The smallest absolute Gasteiger partial charge is 0.326 e. The third kappa shape index (κ3) is 5.96. The SMILES string of the molecule is C[C@@H](OC(=O)CNC(=O)c1cccc([N+](=O)[O-])c1)C(=O)NCc1ccco1. The molecule has 1 heterocycles. The predicted octanol–water partition coefficient (Wildman–Crippen LogP) is 1.17. The standard InChI is InChI=1S/C17H17N3O7/c1-11(16(22)18-9-14-6-3-7-26-14)27-15(21)10-19-17(23)12-4-2-5-13(8-12)20(24)25/h2-8,11H,9-10H2,1H3,(H,18,22)(H,19,23)/t11-/m1/s1. The highest BCUT2D eigenvalue weighted by Gasteiger charge is 2.19. The summed E-state index contributed by atoms with van der Waals surface area (Å²) in [6.45, 7) is 1.05. The number of rotatable bonds is 8. The maximum atomic E-state index is 11.9. The van der Waals surface area contributed by atoms with Crippen LogP contribution in [0.4, 0.5) is 5.69 Å². The number of nitrogens with zero attached hydrogens (tertiary/aromatic N) is 1. The van der Waals surface area contributed by atoms with Crippen LogP contribution >= 0.6 is 0 Å². The topological polar surface area (TPSA) is 141 Å². The zero-order valence-electron chi connectivity index (χ0n) is 14.3. The molecule has 10 heteroatoms. The van der Waals surface area contributed by atoms with E-state index < -0.39 is 35.4 Å². The quantitative estimate of drug-likeness (QED) is 0.401. The van der Waals surface area contributed by atoms with E-state index >= 15 is 0 Å². The molecule has 142 valence electrons. The Morgan fingerprint density at radius 2 is 2.00 bits per heavy atom. The van der Waals surface area contributed by atoms with Gasteiger partial charge in [-0.3, -0.25) is 24.5 Å². The molecular formula is C17H17N3O7. The van der Waals surface area contributed by atoms with Crippen molar-refractivity contribution in [3.63, 3.8) is 0 Å². The van der Waals surface area contributed by atoms with Gasteiger partial charge in [-0.1, -0.05) is 6.07 Å². The van der Waals surface area contributed by atoms with Crippen LogP contribution in [0, 0.1) is 10.1 Å². The second-order valence-electron chi connectivity index (χ2n) is 5.42. The minimum absolute atomic E-state index is 0.0289. The van der Waals surface area contributed by atoms with Crippen LogP contribution < -0.4 is 10.6 Å². The van der Waals surface area contributed by atoms with Crippen LogP contribution in [0.25, 0.3) is 0 Å². The second kappa shape index (κ2) is 9.13. The molecule has 0 saturated heterocycles. The first-order valence-electron chi connectivity index (χ1n) is 7.89. The number of non-ortho nitro benzene ring substituents is 1. The number of carbonyl (C=O) groups is 3. The van der Waals surface area contributed by atoms with Gasteiger partial charge in [0.15, 0.2) is 6.10 Å². The minimum atomic E-state index is -1.07.